The normalized spacial score (nSPS) is 16.0. The second-order valence-corrected chi connectivity index (χ2v) is 7.44. The largest absolute Gasteiger partial charge is 0.491 e. The molecule has 1 aromatic heterocycles. The van der Waals surface area contributed by atoms with Gasteiger partial charge in [-0.3, -0.25) is 10.1 Å². The summed E-state index contributed by atoms with van der Waals surface area (Å²) in [6.07, 6.45) is 2.17. The Kier molecular flexibility index (Phi) is 5.82. The Hall–Kier alpha value is -2.84. The smallest absolute Gasteiger partial charge is 0.257 e. The van der Waals surface area contributed by atoms with E-state index in [-0.39, 0.29) is 23.3 Å². The van der Waals surface area contributed by atoms with Gasteiger partial charge in [-0.1, -0.05) is 0 Å². The number of rotatable bonds is 6. The van der Waals surface area contributed by atoms with Crippen molar-refractivity contribution in [3.05, 3.63) is 65.0 Å². The van der Waals surface area contributed by atoms with E-state index < -0.39 is 11.6 Å². The molecule has 29 heavy (non-hydrogen) atoms. The average molecular weight is 416 g/mol. The van der Waals surface area contributed by atoms with Crippen molar-refractivity contribution in [2.24, 2.45) is 0 Å². The molecule has 0 saturated carbocycles. The number of hydrogen-bond donors (Lipinski definition) is 1. The summed E-state index contributed by atoms with van der Waals surface area (Å²) >= 11 is 1.14. The van der Waals surface area contributed by atoms with E-state index in [4.69, 9.17) is 9.47 Å². The van der Waals surface area contributed by atoms with Gasteiger partial charge in [0.15, 0.2) is 5.13 Å². The van der Waals surface area contributed by atoms with Crippen LogP contribution in [0.15, 0.2) is 47.8 Å². The molecule has 2 aromatic carbocycles. The van der Waals surface area contributed by atoms with E-state index in [1.165, 1.54) is 0 Å². The minimum Gasteiger partial charge on any atom is -0.491 e. The third kappa shape index (κ3) is 4.78. The zero-order valence-electron chi connectivity index (χ0n) is 15.4. The number of anilines is 1. The minimum absolute atomic E-state index is 0.0505. The maximum atomic E-state index is 13.9. The molecule has 2 heterocycles. The third-order valence-electron chi connectivity index (χ3n) is 4.51. The molecule has 4 rings (SSSR count). The fraction of sp³-hybridized carbons (Fsp3) is 0.238. The fourth-order valence-electron chi connectivity index (χ4n) is 2.99. The van der Waals surface area contributed by atoms with Crippen LogP contribution in [0.4, 0.5) is 13.9 Å². The lowest BCUT2D eigenvalue weighted by Crippen LogP contribution is -2.16. The summed E-state index contributed by atoms with van der Waals surface area (Å²) in [5, 5.41) is 4.53. The number of nitrogens with zero attached hydrogens (tertiary/aromatic N) is 1. The lowest BCUT2D eigenvalue weighted by molar-refractivity contribution is 0.0679. The van der Waals surface area contributed by atoms with Crippen LogP contribution in [-0.2, 0) is 4.74 Å². The molecule has 3 aromatic rings. The van der Waals surface area contributed by atoms with Gasteiger partial charge >= 0.3 is 0 Å². The number of amides is 1. The van der Waals surface area contributed by atoms with Gasteiger partial charge in [-0.2, -0.15) is 0 Å². The molecule has 8 heteroatoms. The van der Waals surface area contributed by atoms with Crippen molar-refractivity contribution in [2.75, 3.05) is 18.5 Å². The van der Waals surface area contributed by atoms with Crippen molar-refractivity contribution in [1.29, 1.82) is 0 Å². The summed E-state index contributed by atoms with van der Waals surface area (Å²) in [4.78, 5) is 16.6. The molecule has 0 spiro atoms. The number of halogens is 2. The summed E-state index contributed by atoms with van der Waals surface area (Å²) < 4.78 is 38.4. The van der Waals surface area contributed by atoms with Crippen molar-refractivity contribution in [1.82, 2.24) is 4.98 Å². The van der Waals surface area contributed by atoms with E-state index in [2.05, 4.69) is 10.3 Å². The first-order valence-corrected chi connectivity index (χ1v) is 10.0. The molecule has 150 valence electrons. The van der Waals surface area contributed by atoms with Crippen LogP contribution in [0.25, 0.3) is 11.3 Å². The molecule has 1 atom stereocenters. The van der Waals surface area contributed by atoms with Crippen LogP contribution in [0, 0.1) is 11.6 Å². The van der Waals surface area contributed by atoms with Gasteiger partial charge in [-0.05, 0) is 55.3 Å². The van der Waals surface area contributed by atoms with Crippen molar-refractivity contribution in [2.45, 2.75) is 18.9 Å². The van der Waals surface area contributed by atoms with Gasteiger partial charge in [0.2, 0.25) is 0 Å². The predicted molar refractivity (Wildman–Crippen MR) is 106 cm³/mol. The van der Waals surface area contributed by atoms with Crippen molar-refractivity contribution >= 4 is 22.4 Å². The Labute approximate surface area is 170 Å². The van der Waals surface area contributed by atoms with Crippen LogP contribution in [0.5, 0.6) is 5.75 Å². The first-order chi connectivity index (χ1) is 14.1. The van der Waals surface area contributed by atoms with Crippen LogP contribution in [0.2, 0.25) is 0 Å². The molecule has 1 fully saturated rings. The maximum Gasteiger partial charge on any atom is 0.257 e. The molecule has 0 bridgehead atoms. The number of carbonyl (C=O) groups excluding carboxylic acids is 1. The standard InChI is InChI=1S/C21H18F2N2O3S/c22-14-5-8-18(23)17(10-14)19-12-29-21(24-19)25-20(26)13-3-6-15(7-4-13)28-11-16-2-1-9-27-16/h3-8,10,12,16H,1-2,9,11H2,(H,24,25,26)/t16-/m0/s1. The Morgan fingerprint density at radius 2 is 2.07 bits per heavy atom. The van der Waals surface area contributed by atoms with Crippen molar-refractivity contribution in [3.8, 4) is 17.0 Å². The Morgan fingerprint density at radius 1 is 1.24 bits per heavy atom. The molecule has 1 aliphatic rings. The van der Waals surface area contributed by atoms with Gasteiger partial charge in [0.25, 0.3) is 5.91 Å². The number of benzene rings is 2. The summed E-state index contributed by atoms with van der Waals surface area (Å²) in [7, 11) is 0. The Bertz CT molecular complexity index is 1000. The van der Waals surface area contributed by atoms with E-state index in [0.717, 1.165) is 49.0 Å². The van der Waals surface area contributed by atoms with Crippen LogP contribution >= 0.6 is 11.3 Å². The van der Waals surface area contributed by atoms with Crippen LogP contribution in [-0.4, -0.2) is 30.2 Å². The molecule has 1 N–H and O–H groups in total. The lowest BCUT2D eigenvalue weighted by Gasteiger charge is -2.11. The first-order valence-electron chi connectivity index (χ1n) is 9.15. The molecule has 0 unspecified atom stereocenters. The SMILES string of the molecule is O=C(Nc1nc(-c2cc(F)ccc2F)cs1)c1ccc(OC[C@@H]2CCCO2)cc1. The molecule has 1 saturated heterocycles. The number of thiazole rings is 1. The second-order valence-electron chi connectivity index (χ2n) is 6.59. The topological polar surface area (TPSA) is 60.5 Å². The highest BCUT2D eigenvalue weighted by atomic mass is 32.1. The Morgan fingerprint density at radius 3 is 2.83 bits per heavy atom. The zero-order chi connectivity index (χ0) is 20.2. The quantitative estimate of drug-likeness (QED) is 0.621. The van der Waals surface area contributed by atoms with Crippen LogP contribution < -0.4 is 10.1 Å². The van der Waals surface area contributed by atoms with Crippen LogP contribution in [0.1, 0.15) is 23.2 Å². The number of aromatic nitrogens is 1. The van der Waals surface area contributed by atoms with E-state index >= 15 is 0 Å². The third-order valence-corrected chi connectivity index (χ3v) is 5.26. The second kappa shape index (κ2) is 8.67. The van der Waals surface area contributed by atoms with Crippen molar-refractivity contribution < 1.29 is 23.0 Å². The first kappa shape index (κ1) is 19.5. The summed E-state index contributed by atoms with van der Waals surface area (Å²) in [6, 6.07) is 9.92. The predicted octanol–water partition coefficient (Wildman–Crippen LogP) is 4.90. The summed E-state index contributed by atoms with van der Waals surface area (Å²) in [6.45, 7) is 1.27. The molecular weight excluding hydrogens is 398 g/mol. The number of carbonyl (C=O) groups is 1. The van der Waals surface area contributed by atoms with E-state index in [9.17, 15) is 13.6 Å². The Balaban J connectivity index is 1.38. The van der Waals surface area contributed by atoms with E-state index in [0.29, 0.717) is 23.1 Å². The van der Waals surface area contributed by atoms with Gasteiger partial charge in [0, 0.05) is 23.1 Å². The van der Waals surface area contributed by atoms with Crippen LogP contribution in [0.3, 0.4) is 0 Å². The zero-order valence-corrected chi connectivity index (χ0v) is 16.2. The molecule has 5 nitrogen and oxygen atoms in total. The summed E-state index contributed by atoms with van der Waals surface area (Å²) in [5.41, 5.74) is 0.748. The molecule has 0 aliphatic carbocycles. The van der Waals surface area contributed by atoms with Gasteiger partial charge in [-0.25, -0.2) is 13.8 Å². The molecule has 1 aliphatic heterocycles. The number of ether oxygens (including phenoxy) is 2. The van der Waals surface area contributed by atoms with E-state index in [1.807, 2.05) is 0 Å². The minimum atomic E-state index is -0.576. The summed E-state index contributed by atoms with van der Waals surface area (Å²) in [5.74, 6) is -0.818. The average Bonchev–Trinajstić information content (AvgIpc) is 3.41. The van der Waals surface area contributed by atoms with Crippen molar-refractivity contribution in [3.63, 3.8) is 0 Å². The van der Waals surface area contributed by atoms with E-state index in [1.54, 1.807) is 29.6 Å². The highest BCUT2D eigenvalue weighted by Gasteiger charge is 2.16. The molecular formula is C21H18F2N2O3S. The highest BCUT2D eigenvalue weighted by molar-refractivity contribution is 7.14. The molecule has 0 radical (unpaired) electrons. The van der Waals surface area contributed by atoms with Gasteiger partial charge in [0.05, 0.1) is 11.8 Å². The maximum absolute atomic E-state index is 13.9. The van der Waals surface area contributed by atoms with Gasteiger partial charge in [0.1, 0.15) is 24.0 Å². The van der Waals surface area contributed by atoms with Gasteiger partial charge in [-0.15, -0.1) is 11.3 Å². The van der Waals surface area contributed by atoms with Gasteiger partial charge < -0.3 is 9.47 Å². The number of nitrogens with one attached hydrogen (secondary N) is 1. The monoisotopic (exact) mass is 416 g/mol. The highest BCUT2D eigenvalue weighted by Crippen LogP contribution is 2.28. The molecule has 1 amide bonds. The lowest BCUT2D eigenvalue weighted by atomic mass is 10.1. The number of hydrogen-bond acceptors (Lipinski definition) is 5. The fourth-order valence-corrected chi connectivity index (χ4v) is 3.69.